The number of rotatable bonds is 2. The van der Waals surface area contributed by atoms with Crippen LogP contribution in [0.25, 0.3) is 22.9 Å². The number of aromatic nitrogens is 4. The second kappa shape index (κ2) is 4.77. The lowest BCUT2D eigenvalue weighted by Crippen LogP contribution is -1.93. The van der Waals surface area contributed by atoms with E-state index in [0.717, 1.165) is 10.0 Å². The van der Waals surface area contributed by atoms with E-state index in [0.29, 0.717) is 23.2 Å². The van der Waals surface area contributed by atoms with Gasteiger partial charge in [0.2, 0.25) is 5.89 Å². The molecule has 0 spiro atoms. The first-order valence-corrected chi connectivity index (χ1v) is 6.18. The maximum absolute atomic E-state index is 5.80. The fourth-order valence-electron chi connectivity index (χ4n) is 1.56. The van der Waals surface area contributed by atoms with Crippen molar-refractivity contribution in [2.24, 2.45) is 0 Å². The molecule has 6 nitrogen and oxygen atoms in total. The second-order valence-electron chi connectivity index (χ2n) is 3.74. The SMILES string of the molecule is Nc1ncc(Br)cc1-c1nnc(-c2cccnc2)o1. The van der Waals surface area contributed by atoms with Gasteiger partial charge in [-0.1, -0.05) is 0 Å². The first-order valence-electron chi connectivity index (χ1n) is 5.39. The minimum Gasteiger partial charge on any atom is -0.416 e. The number of hydrogen-bond acceptors (Lipinski definition) is 6. The molecule has 3 rings (SSSR count). The molecule has 3 aromatic heterocycles. The summed E-state index contributed by atoms with van der Waals surface area (Å²) in [6, 6.07) is 5.42. The average Bonchev–Trinajstić information content (AvgIpc) is 2.92. The van der Waals surface area contributed by atoms with Crippen LogP contribution in [0.1, 0.15) is 0 Å². The van der Waals surface area contributed by atoms with Gasteiger partial charge in [0.15, 0.2) is 0 Å². The van der Waals surface area contributed by atoms with E-state index < -0.39 is 0 Å². The Labute approximate surface area is 116 Å². The second-order valence-corrected chi connectivity index (χ2v) is 4.66. The Morgan fingerprint density at radius 1 is 1.16 bits per heavy atom. The Hall–Kier alpha value is -2.28. The Balaban J connectivity index is 2.04. The number of nitrogens with two attached hydrogens (primary N) is 1. The number of nitrogen functional groups attached to an aromatic ring is 1. The molecule has 0 aliphatic carbocycles. The third kappa shape index (κ3) is 2.32. The lowest BCUT2D eigenvalue weighted by molar-refractivity contribution is 0.584. The summed E-state index contributed by atoms with van der Waals surface area (Å²) < 4.78 is 6.38. The molecule has 0 aliphatic heterocycles. The predicted molar refractivity (Wildman–Crippen MR) is 72.9 cm³/mol. The highest BCUT2D eigenvalue weighted by molar-refractivity contribution is 9.10. The first kappa shape index (κ1) is 11.8. The monoisotopic (exact) mass is 317 g/mol. The fourth-order valence-corrected chi connectivity index (χ4v) is 1.89. The Kier molecular flexibility index (Phi) is 2.96. The molecule has 0 unspecified atom stereocenters. The van der Waals surface area contributed by atoms with Gasteiger partial charge < -0.3 is 10.2 Å². The third-order valence-corrected chi connectivity index (χ3v) is 2.88. The number of hydrogen-bond donors (Lipinski definition) is 1. The molecular formula is C12H8BrN5O. The van der Waals surface area contributed by atoms with Crippen LogP contribution < -0.4 is 5.73 Å². The predicted octanol–water partition coefficient (Wildman–Crippen LogP) is 2.54. The van der Waals surface area contributed by atoms with Crippen molar-refractivity contribution in [3.05, 3.63) is 41.3 Å². The summed E-state index contributed by atoms with van der Waals surface area (Å²) >= 11 is 3.33. The van der Waals surface area contributed by atoms with Crippen molar-refractivity contribution in [1.29, 1.82) is 0 Å². The van der Waals surface area contributed by atoms with Crippen molar-refractivity contribution in [3.63, 3.8) is 0 Å². The van der Waals surface area contributed by atoms with Crippen LogP contribution in [-0.4, -0.2) is 20.2 Å². The molecule has 2 N–H and O–H groups in total. The number of halogens is 1. The van der Waals surface area contributed by atoms with Crippen molar-refractivity contribution < 1.29 is 4.42 Å². The molecule has 19 heavy (non-hydrogen) atoms. The van der Waals surface area contributed by atoms with E-state index in [4.69, 9.17) is 10.2 Å². The van der Waals surface area contributed by atoms with Gasteiger partial charge in [0, 0.05) is 23.1 Å². The Bertz CT molecular complexity index is 713. The Morgan fingerprint density at radius 2 is 2.00 bits per heavy atom. The van der Waals surface area contributed by atoms with Gasteiger partial charge in [-0.25, -0.2) is 4.98 Å². The molecule has 7 heteroatoms. The zero-order valence-corrected chi connectivity index (χ0v) is 11.2. The molecule has 0 aliphatic rings. The molecule has 0 bridgehead atoms. The zero-order valence-electron chi connectivity index (χ0n) is 9.62. The quantitative estimate of drug-likeness (QED) is 0.781. The smallest absolute Gasteiger partial charge is 0.251 e. The van der Waals surface area contributed by atoms with E-state index in [1.165, 1.54) is 0 Å². The minimum atomic E-state index is 0.324. The molecule has 3 aromatic rings. The van der Waals surface area contributed by atoms with Gasteiger partial charge in [-0.2, -0.15) is 0 Å². The summed E-state index contributed by atoms with van der Waals surface area (Å²) in [5, 5.41) is 7.96. The van der Waals surface area contributed by atoms with Crippen molar-refractivity contribution in [2.45, 2.75) is 0 Å². The van der Waals surface area contributed by atoms with Crippen LogP contribution in [0.2, 0.25) is 0 Å². The third-order valence-electron chi connectivity index (χ3n) is 2.45. The number of anilines is 1. The van der Waals surface area contributed by atoms with Gasteiger partial charge in [-0.05, 0) is 34.1 Å². The van der Waals surface area contributed by atoms with Gasteiger partial charge in [0.25, 0.3) is 5.89 Å². The highest BCUT2D eigenvalue weighted by Crippen LogP contribution is 2.28. The molecule has 0 saturated carbocycles. The standard InChI is InChI=1S/C12H8BrN5O/c13-8-4-9(10(14)16-6-8)12-18-17-11(19-12)7-2-1-3-15-5-7/h1-6H,(H2,14,16). The van der Waals surface area contributed by atoms with Crippen LogP contribution in [0.4, 0.5) is 5.82 Å². The van der Waals surface area contributed by atoms with Crippen LogP contribution in [0.15, 0.2) is 45.7 Å². The van der Waals surface area contributed by atoms with Crippen molar-refractivity contribution in [1.82, 2.24) is 20.2 Å². The van der Waals surface area contributed by atoms with Crippen molar-refractivity contribution in [3.8, 4) is 22.9 Å². The van der Waals surface area contributed by atoms with E-state index in [1.54, 1.807) is 30.7 Å². The average molecular weight is 318 g/mol. The molecule has 94 valence electrons. The lowest BCUT2D eigenvalue weighted by Gasteiger charge is -1.99. The van der Waals surface area contributed by atoms with E-state index in [-0.39, 0.29) is 0 Å². The summed E-state index contributed by atoms with van der Waals surface area (Å²) in [7, 11) is 0. The molecular weight excluding hydrogens is 310 g/mol. The number of nitrogens with zero attached hydrogens (tertiary/aromatic N) is 4. The summed E-state index contributed by atoms with van der Waals surface area (Å²) in [4.78, 5) is 8.03. The van der Waals surface area contributed by atoms with Crippen LogP contribution in [0.3, 0.4) is 0 Å². The van der Waals surface area contributed by atoms with Gasteiger partial charge in [0.05, 0.1) is 11.1 Å². The molecule has 0 saturated heterocycles. The molecule has 3 heterocycles. The van der Waals surface area contributed by atoms with E-state index >= 15 is 0 Å². The van der Waals surface area contributed by atoms with Crippen molar-refractivity contribution >= 4 is 21.7 Å². The van der Waals surface area contributed by atoms with Crippen LogP contribution in [0.5, 0.6) is 0 Å². The van der Waals surface area contributed by atoms with Gasteiger partial charge in [-0.3, -0.25) is 4.98 Å². The maximum atomic E-state index is 5.80. The van der Waals surface area contributed by atoms with E-state index in [2.05, 4.69) is 36.1 Å². The largest absolute Gasteiger partial charge is 0.416 e. The summed E-state index contributed by atoms with van der Waals surface area (Å²) in [6.07, 6.45) is 4.94. The lowest BCUT2D eigenvalue weighted by atomic mass is 10.2. The number of pyridine rings is 2. The maximum Gasteiger partial charge on any atom is 0.251 e. The molecule has 0 radical (unpaired) electrons. The Morgan fingerprint density at radius 3 is 2.79 bits per heavy atom. The molecule has 0 aromatic carbocycles. The molecule has 0 fully saturated rings. The van der Waals surface area contributed by atoms with Crippen LogP contribution in [0, 0.1) is 0 Å². The van der Waals surface area contributed by atoms with E-state index in [1.807, 2.05) is 6.07 Å². The topological polar surface area (TPSA) is 90.7 Å². The van der Waals surface area contributed by atoms with Crippen LogP contribution >= 0.6 is 15.9 Å². The highest BCUT2D eigenvalue weighted by Gasteiger charge is 2.14. The fraction of sp³-hybridized carbons (Fsp3) is 0. The molecule has 0 amide bonds. The zero-order chi connectivity index (χ0) is 13.2. The normalized spacial score (nSPS) is 10.6. The van der Waals surface area contributed by atoms with Crippen LogP contribution in [-0.2, 0) is 0 Å². The first-order chi connectivity index (χ1) is 9.24. The summed E-state index contributed by atoms with van der Waals surface area (Å²) in [6.45, 7) is 0. The minimum absolute atomic E-state index is 0.324. The summed E-state index contributed by atoms with van der Waals surface area (Å²) in [5.41, 5.74) is 7.14. The van der Waals surface area contributed by atoms with Gasteiger partial charge in [-0.15, -0.1) is 10.2 Å². The van der Waals surface area contributed by atoms with Gasteiger partial charge in [0.1, 0.15) is 5.82 Å². The summed E-state index contributed by atoms with van der Waals surface area (Å²) in [5.74, 6) is 1.05. The van der Waals surface area contributed by atoms with E-state index in [9.17, 15) is 0 Å². The molecule has 0 atom stereocenters. The van der Waals surface area contributed by atoms with Crippen molar-refractivity contribution in [2.75, 3.05) is 5.73 Å². The highest BCUT2D eigenvalue weighted by atomic mass is 79.9. The van der Waals surface area contributed by atoms with Gasteiger partial charge >= 0.3 is 0 Å².